The monoisotopic (exact) mass is 229 g/mol. The van der Waals surface area contributed by atoms with E-state index in [-0.39, 0.29) is 5.57 Å². The smallest absolute Gasteiger partial charge is 0.411 e. The lowest BCUT2D eigenvalue weighted by molar-refractivity contribution is -0.132. The number of carbonyl (C=O) groups excluding carboxylic acids is 1. The molecule has 0 heterocycles. The van der Waals surface area contributed by atoms with Crippen LogP contribution in [-0.2, 0) is 9.53 Å². The van der Waals surface area contributed by atoms with Gasteiger partial charge in [-0.1, -0.05) is 13.3 Å². The number of rotatable bonds is 4. The molecular formula is C11H19NO4. The van der Waals surface area contributed by atoms with Crippen LogP contribution in [0.1, 0.15) is 40.5 Å². The molecule has 0 aliphatic carbocycles. The van der Waals surface area contributed by atoms with E-state index < -0.39 is 17.7 Å². The van der Waals surface area contributed by atoms with Crippen LogP contribution in [0.5, 0.6) is 0 Å². The molecule has 0 aromatic heterocycles. The summed E-state index contributed by atoms with van der Waals surface area (Å²) in [5.74, 6) is -1.03. The number of hydrogen-bond donors (Lipinski definition) is 2. The number of ether oxygens (including phenoxy) is 1. The van der Waals surface area contributed by atoms with Crippen molar-refractivity contribution in [2.24, 2.45) is 0 Å². The Morgan fingerprint density at radius 2 is 1.94 bits per heavy atom. The van der Waals surface area contributed by atoms with E-state index in [1.807, 2.05) is 6.92 Å². The molecule has 16 heavy (non-hydrogen) atoms. The molecule has 0 aliphatic rings. The van der Waals surface area contributed by atoms with Gasteiger partial charge in [0, 0.05) is 6.20 Å². The summed E-state index contributed by atoms with van der Waals surface area (Å²) in [4.78, 5) is 21.9. The number of amides is 1. The lowest BCUT2D eigenvalue weighted by Gasteiger charge is -2.18. The Kier molecular flexibility index (Phi) is 5.56. The fourth-order valence-corrected chi connectivity index (χ4v) is 0.964. The standard InChI is InChI=1S/C11H19NO4/c1-5-6-8(9(13)14)7-12-10(15)16-11(2,3)4/h7H,5-6H2,1-4H3,(H,12,15)(H,13,14). The number of carbonyl (C=O) groups is 2. The number of alkyl carbamates (subject to hydrolysis) is 1. The van der Waals surface area contributed by atoms with Crippen molar-refractivity contribution < 1.29 is 19.4 Å². The summed E-state index contributed by atoms with van der Waals surface area (Å²) in [6, 6.07) is 0. The predicted molar refractivity (Wildman–Crippen MR) is 60.0 cm³/mol. The van der Waals surface area contributed by atoms with Gasteiger partial charge in [0.05, 0.1) is 5.57 Å². The third kappa shape index (κ3) is 6.86. The van der Waals surface area contributed by atoms with E-state index in [2.05, 4.69) is 5.32 Å². The summed E-state index contributed by atoms with van der Waals surface area (Å²) in [7, 11) is 0. The second kappa shape index (κ2) is 6.15. The second-order valence-corrected chi connectivity index (χ2v) is 4.37. The highest BCUT2D eigenvalue weighted by Crippen LogP contribution is 2.07. The summed E-state index contributed by atoms with van der Waals surface area (Å²) in [5, 5.41) is 11.1. The van der Waals surface area contributed by atoms with Gasteiger partial charge in [0.15, 0.2) is 0 Å². The van der Waals surface area contributed by atoms with Crippen LogP contribution in [0.4, 0.5) is 4.79 Å². The minimum absolute atomic E-state index is 0.161. The Hall–Kier alpha value is -1.52. The summed E-state index contributed by atoms with van der Waals surface area (Å²) >= 11 is 0. The molecule has 0 saturated carbocycles. The molecule has 0 fully saturated rings. The van der Waals surface area contributed by atoms with Gasteiger partial charge in [0.1, 0.15) is 5.60 Å². The number of hydrogen-bond acceptors (Lipinski definition) is 3. The molecule has 5 heteroatoms. The van der Waals surface area contributed by atoms with Gasteiger partial charge in [-0.3, -0.25) is 5.32 Å². The first-order valence-corrected chi connectivity index (χ1v) is 5.18. The SMILES string of the molecule is CCCC(=CNC(=O)OC(C)(C)C)C(=O)O. The zero-order chi connectivity index (χ0) is 12.8. The second-order valence-electron chi connectivity index (χ2n) is 4.37. The molecule has 0 atom stereocenters. The Morgan fingerprint density at radius 1 is 1.38 bits per heavy atom. The van der Waals surface area contributed by atoms with Crippen molar-refractivity contribution in [3.8, 4) is 0 Å². The van der Waals surface area contributed by atoms with Crippen LogP contribution in [0.2, 0.25) is 0 Å². The molecule has 0 aromatic rings. The molecule has 1 amide bonds. The topological polar surface area (TPSA) is 75.6 Å². The van der Waals surface area contributed by atoms with Gasteiger partial charge in [-0.05, 0) is 27.2 Å². The lowest BCUT2D eigenvalue weighted by Crippen LogP contribution is -2.30. The molecule has 0 unspecified atom stereocenters. The first-order valence-electron chi connectivity index (χ1n) is 5.18. The minimum Gasteiger partial charge on any atom is -0.478 e. The third-order valence-corrected chi connectivity index (χ3v) is 1.56. The minimum atomic E-state index is -1.03. The summed E-state index contributed by atoms with van der Waals surface area (Å²) in [6.07, 6.45) is 1.64. The van der Waals surface area contributed by atoms with Gasteiger partial charge in [-0.15, -0.1) is 0 Å². The average Bonchev–Trinajstić information content (AvgIpc) is 2.08. The molecule has 0 saturated heterocycles. The summed E-state index contributed by atoms with van der Waals surface area (Å²) in [5.41, 5.74) is -0.431. The van der Waals surface area contributed by atoms with E-state index in [0.717, 1.165) is 0 Å². The maximum Gasteiger partial charge on any atom is 0.411 e. The molecule has 0 bridgehead atoms. The van der Waals surface area contributed by atoms with Gasteiger partial charge < -0.3 is 9.84 Å². The molecule has 2 N–H and O–H groups in total. The Bertz CT molecular complexity index is 289. The summed E-state index contributed by atoms with van der Waals surface area (Å²) in [6.45, 7) is 7.07. The predicted octanol–water partition coefficient (Wildman–Crippen LogP) is 2.28. The Balaban J connectivity index is 4.32. The van der Waals surface area contributed by atoms with E-state index in [1.54, 1.807) is 20.8 Å². The van der Waals surface area contributed by atoms with Crippen LogP contribution in [0.25, 0.3) is 0 Å². The molecule has 5 nitrogen and oxygen atoms in total. The number of carboxylic acids is 1. The fourth-order valence-electron chi connectivity index (χ4n) is 0.964. The van der Waals surface area contributed by atoms with E-state index in [1.165, 1.54) is 6.20 Å². The number of nitrogens with one attached hydrogen (secondary N) is 1. The highest BCUT2D eigenvalue weighted by atomic mass is 16.6. The average molecular weight is 229 g/mol. The highest BCUT2D eigenvalue weighted by Gasteiger charge is 2.15. The zero-order valence-corrected chi connectivity index (χ0v) is 10.2. The molecule has 92 valence electrons. The highest BCUT2D eigenvalue weighted by molar-refractivity contribution is 5.87. The fraction of sp³-hybridized carbons (Fsp3) is 0.636. The van der Waals surface area contributed by atoms with Crippen molar-refractivity contribution in [2.45, 2.75) is 46.1 Å². The van der Waals surface area contributed by atoms with Crippen molar-refractivity contribution in [3.05, 3.63) is 11.8 Å². The zero-order valence-electron chi connectivity index (χ0n) is 10.2. The van der Waals surface area contributed by atoms with Gasteiger partial charge in [-0.25, -0.2) is 9.59 Å². The van der Waals surface area contributed by atoms with Crippen LogP contribution in [0.3, 0.4) is 0 Å². The van der Waals surface area contributed by atoms with Crippen LogP contribution in [-0.4, -0.2) is 22.8 Å². The van der Waals surface area contributed by atoms with Crippen LogP contribution in [0, 0.1) is 0 Å². The van der Waals surface area contributed by atoms with E-state index >= 15 is 0 Å². The van der Waals surface area contributed by atoms with Gasteiger partial charge in [-0.2, -0.15) is 0 Å². The van der Waals surface area contributed by atoms with Crippen LogP contribution in [0.15, 0.2) is 11.8 Å². The molecule has 0 spiro atoms. The Labute approximate surface area is 95.5 Å². The number of aliphatic carboxylic acids is 1. The van der Waals surface area contributed by atoms with Crippen molar-refractivity contribution >= 4 is 12.1 Å². The number of carboxylic acid groups (broad SMARTS) is 1. The third-order valence-electron chi connectivity index (χ3n) is 1.56. The quantitative estimate of drug-likeness (QED) is 0.725. The van der Waals surface area contributed by atoms with Crippen molar-refractivity contribution in [1.82, 2.24) is 5.32 Å². The molecule has 0 aromatic carbocycles. The van der Waals surface area contributed by atoms with E-state index in [9.17, 15) is 9.59 Å². The molecule has 0 rings (SSSR count). The Morgan fingerprint density at radius 3 is 2.31 bits per heavy atom. The van der Waals surface area contributed by atoms with E-state index in [4.69, 9.17) is 9.84 Å². The normalized spacial score (nSPS) is 12.1. The first-order chi connectivity index (χ1) is 7.26. The largest absolute Gasteiger partial charge is 0.478 e. The van der Waals surface area contributed by atoms with Crippen LogP contribution < -0.4 is 5.32 Å². The lowest BCUT2D eigenvalue weighted by atomic mass is 10.2. The van der Waals surface area contributed by atoms with Gasteiger partial charge in [0.2, 0.25) is 0 Å². The first kappa shape index (κ1) is 14.5. The van der Waals surface area contributed by atoms with Crippen molar-refractivity contribution in [3.63, 3.8) is 0 Å². The van der Waals surface area contributed by atoms with Gasteiger partial charge in [0.25, 0.3) is 0 Å². The van der Waals surface area contributed by atoms with Crippen molar-refractivity contribution in [1.29, 1.82) is 0 Å². The molecular weight excluding hydrogens is 210 g/mol. The van der Waals surface area contributed by atoms with Crippen molar-refractivity contribution in [2.75, 3.05) is 0 Å². The molecule has 0 aliphatic heterocycles. The van der Waals surface area contributed by atoms with Gasteiger partial charge >= 0.3 is 12.1 Å². The van der Waals surface area contributed by atoms with E-state index in [0.29, 0.717) is 12.8 Å². The molecule has 0 radical (unpaired) electrons. The maximum absolute atomic E-state index is 11.2. The maximum atomic E-state index is 11.2. The van der Waals surface area contributed by atoms with Crippen LogP contribution >= 0.6 is 0 Å². The summed E-state index contributed by atoms with van der Waals surface area (Å²) < 4.78 is 4.96.